The molecule has 0 amide bonds. The smallest absolute Gasteiger partial charge is 0.125 e. The van der Waals surface area contributed by atoms with E-state index in [0.29, 0.717) is 13.2 Å². The van der Waals surface area contributed by atoms with E-state index in [-0.39, 0.29) is 5.75 Å². The van der Waals surface area contributed by atoms with Crippen molar-refractivity contribution >= 4 is 0 Å². The molecule has 0 heterocycles. The topological polar surface area (TPSA) is 55.5 Å². The maximum absolute atomic E-state index is 9.24. The Morgan fingerprint density at radius 1 is 1.00 bits per heavy atom. The highest BCUT2D eigenvalue weighted by molar-refractivity contribution is 5.43. The van der Waals surface area contributed by atoms with Crippen LogP contribution >= 0.6 is 0 Å². The van der Waals surface area contributed by atoms with Crippen LogP contribution in [-0.4, -0.2) is 5.11 Å². The molecule has 0 aliphatic rings. The summed E-state index contributed by atoms with van der Waals surface area (Å²) in [7, 11) is 0. The summed E-state index contributed by atoms with van der Waals surface area (Å²) in [5.74, 6) is 1.17. The Labute approximate surface area is 113 Å². The minimum Gasteiger partial charge on any atom is -0.508 e. The van der Waals surface area contributed by atoms with Gasteiger partial charge in [-0.15, -0.1) is 0 Å². The zero-order chi connectivity index (χ0) is 13.8. The van der Waals surface area contributed by atoms with Gasteiger partial charge >= 0.3 is 0 Å². The lowest BCUT2D eigenvalue weighted by atomic mass is 10.1. The predicted molar refractivity (Wildman–Crippen MR) is 76.2 cm³/mol. The zero-order valence-electron chi connectivity index (χ0n) is 11.3. The quantitative estimate of drug-likeness (QED) is 0.885. The summed E-state index contributed by atoms with van der Waals surface area (Å²) in [6.07, 6.45) is 0. The summed E-state index contributed by atoms with van der Waals surface area (Å²) in [6, 6.07) is 11.1. The number of benzene rings is 2. The molecule has 0 atom stereocenters. The highest BCUT2D eigenvalue weighted by Gasteiger charge is 2.06. The summed E-state index contributed by atoms with van der Waals surface area (Å²) in [4.78, 5) is 0. The molecule has 0 saturated heterocycles. The van der Waals surface area contributed by atoms with Crippen LogP contribution in [0.25, 0.3) is 0 Å². The Bertz CT molecular complexity index is 538. The molecule has 0 fully saturated rings. The highest BCUT2D eigenvalue weighted by atomic mass is 16.5. The van der Waals surface area contributed by atoms with Gasteiger partial charge in [0, 0.05) is 6.54 Å². The summed E-state index contributed by atoms with van der Waals surface area (Å²) in [5, 5.41) is 9.24. The van der Waals surface area contributed by atoms with E-state index in [1.165, 1.54) is 0 Å². The van der Waals surface area contributed by atoms with Gasteiger partial charge in [-0.2, -0.15) is 0 Å². The number of rotatable bonds is 4. The second-order valence-corrected chi connectivity index (χ2v) is 4.72. The maximum Gasteiger partial charge on any atom is 0.125 e. The summed E-state index contributed by atoms with van der Waals surface area (Å²) in [6.45, 7) is 5.08. The predicted octanol–water partition coefficient (Wildman–Crippen LogP) is 3.05. The number of aromatic hydroxyl groups is 1. The summed E-state index contributed by atoms with van der Waals surface area (Å²) < 4.78 is 5.87. The average molecular weight is 257 g/mol. The van der Waals surface area contributed by atoms with Crippen LogP contribution in [0.2, 0.25) is 0 Å². The second kappa shape index (κ2) is 5.76. The number of aryl methyl sites for hydroxylation is 2. The molecule has 0 bridgehead atoms. The monoisotopic (exact) mass is 257 g/mol. The maximum atomic E-state index is 9.24. The van der Waals surface area contributed by atoms with Crippen LogP contribution in [0.15, 0.2) is 36.4 Å². The average Bonchev–Trinajstić information content (AvgIpc) is 2.39. The van der Waals surface area contributed by atoms with Crippen molar-refractivity contribution in [3.05, 3.63) is 58.7 Å². The fourth-order valence-electron chi connectivity index (χ4n) is 2.13. The number of hydrogen-bond donors (Lipinski definition) is 2. The fraction of sp³-hybridized carbons (Fsp3) is 0.250. The van der Waals surface area contributed by atoms with Crippen LogP contribution in [0, 0.1) is 13.8 Å². The first-order valence-electron chi connectivity index (χ1n) is 6.31. The van der Waals surface area contributed by atoms with Gasteiger partial charge in [-0.05, 0) is 48.2 Å². The number of phenols is 1. The van der Waals surface area contributed by atoms with Crippen molar-refractivity contribution in [3.63, 3.8) is 0 Å². The molecule has 0 unspecified atom stereocenters. The van der Waals surface area contributed by atoms with Gasteiger partial charge in [0.1, 0.15) is 18.1 Å². The van der Waals surface area contributed by atoms with Gasteiger partial charge in [0.15, 0.2) is 0 Å². The Hall–Kier alpha value is -2.00. The van der Waals surface area contributed by atoms with Crippen molar-refractivity contribution in [3.8, 4) is 11.5 Å². The highest BCUT2D eigenvalue weighted by Crippen LogP contribution is 2.25. The van der Waals surface area contributed by atoms with Gasteiger partial charge in [-0.3, -0.25) is 0 Å². The lowest BCUT2D eigenvalue weighted by molar-refractivity contribution is 0.301. The Kier molecular flexibility index (Phi) is 4.07. The van der Waals surface area contributed by atoms with Crippen LogP contribution in [0.1, 0.15) is 22.3 Å². The van der Waals surface area contributed by atoms with E-state index >= 15 is 0 Å². The van der Waals surface area contributed by atoms with Crippen molar-refractivity contribution in [2.45, 2.75) is 27.0 Å². The fourth-order valence-corrected chi connectivity index (χ4v) is 2.13. The van der Waals surface area contributed by atoms with E-state index in [4.69, 9.17) is 10.5 Å². The van der Waals surface area contributed by atoms with Gasteiger partial charge in [0.05, 0.1) is 0 Å². The first-order chi connectivity index (χ1) is 9.10. The molecule has 0 radical (unpaired) electrons. The standard InChI is InChI=1S/C16H19NO2/c1-11-7-14(9-17)8-12(2)16(11)19-10-13-3-5-15(18)6-4-13/h3-8,18H,9-10,17H2,1-2H3. The van der Waals surface area contributed by atoms with E-state index in [9.17, 15) is 5.11 Å². The van der Waals surface area contributed by atoms with E-state index in [1.807, 2.05) is 26.0 Å². The molecule has 3 heteroatoms. The number of ether oxygens (including phenoxy) is 1. The van der Waals surface area contributed by atoms with Crippen LogP contribution in [0.5, 0.6) is 11.5 Å². The number of phenolic OH excluding ortho intramolecular Hbond substituents is 1. The Balaban J connectivity index is 2.13. The third-order valence-corrected chi connectivity index (χ3v) is 3.08. The van der Waals surface area contributed by atoms with Gasteiger partial charge in [0.2, 0.25) is 0 Å². The molecule has 0 aliphatic carbocycles. The molecule has 0 aliphatic heterocycles. The third kappa shape index (κ3) is 3.26. The lowest BCUT2D eigenvalue weighted by Crippen LogP contribution is -2.02. The molecule has 2 aromatic rings. The van der Waals surface area contributed by atoms with Gasteiger partial charge in [0.25, 0.3) is 0 Å². The van der Waals surface area contributed by atoms with Crippen molar-refractivity contribution in [1.29, 1.82) is 0 Å². The number of hydrogen-bond acceptors (Lipinski definition) is 3. The first kappa shape index (κ1) is 13.4. The first-order valence-corrected chi connectivity index (χ1v) is 6.31. The van der Waals surface area contributed by atoms with Crippen molar-refractivity contribution in [2.24, 2.45) is 5.73 Å². The minimum atomic E-state index is 0.267. The SMILES string of the molecule is Cc1cc(CN)cc(C)c1OCc1ccc(O)cc1. The van der Waals surface area contributed by atoms with Gasteiger partial charge in [-0.1, -0.05) is 24.3 Å². The van der Waals surface area contributed by atoms with Crippen LogP contribution in [0.4, 0.5) is 0 Å². The summed E-state index contributed by atoms with van der Waals surface area (Å²) >= 11 is 0. The molecule has 2 rings (SSSR count). The largest absolute Gasteiger partial charge is 0.508 e. The second-order valence-electron chi connectivity index (χ2n) is 4.72. The van der Waals surface area contributed by atoms with E-state index in [2.05, 4.69) is 12.1 Å². The zero-order valence-corrected chi connectivity index (χ0v) is 11.3. The van der Waals surface area contributed by atoms with Crippen LogP contribution < -0.4 is 10.5 Å². The molecule has 100 valence electrons. The van der Waals surface area contributed by atoms with E-state index in [0.717, 1.165) is 28.0 Å². The molecular weight excluding hydrogens is 238 g/mol. The van der Waals surface area contributed by atoms with Crippen LogP contribution in [-0.2, 0) is 13.2 Å². The van der Waals surface area contributed by atoms with Crippen LogP contribution in [0.3, 0.4) is 0 Å². The van der Waals surface area contributed by atoms with Gasteiger partial charge in [-0.25, -0.2) is 0 Å². The number of nitrogens with two attached hydrogens (primary N) is 1. The van der Waals surface area contributed by atoms with Crippen molar-refractivity contribution < 1.29 is 9.84 Å². The lowest BCUT2D eigenvalue weighted by Gasteiger charge is -2.13. The molecule has 0 aromatic heterocycles. The molecule has 2 aromatic carbocycles. The molecule has 3 N–H and O–H groups in total. The minimum absolute atomic E-state index is 0.267. The summed E-state index contributed by atoms with van der Waals surface area (Å²) in [5.41, 5.74) is 9.99. The Morgan fingerprint density at radius 2 is 1.58 bits per heavy atom. The van der Waals surface area contributed by atoms with E-state index in [1.54, 1.807) is 12.1 Å². The van der Waals surface area contributed by atoms with E-state index < -0.39 is 0 Å². The molecular formula is C16H19NO2. The van der Waals surface area contributed by atoms with Crippen molar-refractivity contribution in [1.82, 2.24) is 0 Å². The van der Waals surface area contributed by atoms with Gasteiger partial charge < -0.3 is 15.6 Å². The molecule has 0 saturated carbocycles. The Morgan fingerprint density at radius 3 is 2.11 bits per heavy atom. The van der Waals surface area contributed by atoms with Crippen molar-refractivity contribution in [2.75, 3.05) is 0 Å². The third-order valence-electron chi connectivity index (χ3n) is 3.08. The molecule has 0 spiro atoms. The molecule has 3 nitrogen and oxygen atoms in total. The molecule has 19 heavy (non-hydrogen) atoms. The normalized spacial score (nSPS) is 10.5.